The predicted molar refractivity (Wildman–Crippen MR) is 100 cm³/mol. The largest absolute Gasteiger partial charge is 0.385 e. The fourth-order valence-corrected chi connectivity index (χ4v) is 4.94. The summed E-state index contributed by atoms with van der Waals surface area (Å²) in [5.41, 5.74) is 1.61. The number of nitrogens with zero attached hydrogens (tertiary/aromatic N) is 2. The lowest BCUT2D eigenvalue weighted by molar-refractivity contribution is -0.120. The highest BCUT2D eigenvalue weighted by atomic mass is 16.3. The number of piperidine rings is 1. The Balaban J connectivity index is 1.52. The minimum atomic E-state index is -0.659. The van der Waals surface area contributed by atoms with Crippen molar-refractivity contribution in [2.45, 2.75) is 50.2 Å². The second-order valence-electron chi connectivity index (χ2n) is 7.61. The molecule has 1 aliphatic heterocycles. The van der Waals surface area contributed by atoms with Crippen molar-refractivity contribution in [3.05, 3.63) is 66.0 Å². The Labute approximate surface area is 150 Å². The molecule has 3 heteroatoms. The second-order valence-corrected chi connectivity index (χ2v) is 7.61. The van der Waals surface area contributed by atoms with Crippen LogP contribution in [0.4, 0.5) is 0 Å². The van der Waals surface area contributed by atoms with Crippen LogP contribution in [0.25, 0.3) is 0 Å². The molecule has 4 rings (SSSR count). The molecule has 1 N–H and O–H groups in total. The smallest absolute Gasteiger partial charge is 0.0951 e. The van der Waals surface area contributed by atoms with E-state index in [-0.39, 0.29) is 0 Å². The number of hydrogen-bond acceptors (Lipinski definition) is 3. The molecule has 0 bridgehead atoms. The molecule has 2 aromatic rings. The van der Waals surface area contributed by atoms with E-state index >= 15 is 0 Å². The summed E-state index contributed by atoms with van der Waals surface area (Å²) in [5, 5.41) is 11.6. The van der Waals surface area contributed by atoms with Gasteiger partial charge >= 0.3 is 0 Å². The number of fused-ring (bicyclic) bond motifs is 1. The van der Waals surface area contributed by atoms with Crippen molar-refractivity contribution in [2.75, 3.05) is 13.1 Å². The van der Waals surface area contributed by atoms with E-state index in [2.05, 4.69) is 46.3 Å². The third-order valence-corrected chi connectivity index (χ3v) is 6.25. The highest BCUT2D eigenvalue weighted by Gasteiger charge is 2.48. The van der Waals surface area contributed by atoms with E-state index in [0.717, 1.165) is 37.9 Å². The van der Waals surface area contributed by atoms with Gasteiger partial charge in [-0.25, -0.2) is 0 Å². The van der Waals surface area contributed by atoms with E-state index in [4.69, 9.17) is 0 Å². The van der Waals surface area contributed by atoms with Gasteiger partial charge in [0.2, 0.25) is 0 Å². The van der Waals surface area contributed by atoms with Crippen LogP contribution in [0, 0.1) is 5.92 Å². The van der Waals surface area contributed by atoms with Crippen molar-refractivity contribution in [1.29, 1.82) is 0 Å². The Morgan fingerprint density at radius 1 is 1.04 bits per heavy atom. The third-order valence-electron chi connectivity index (χ3n) is 6.25. The number of rotatable bonds is 4. The molecule has 2 aliphatic rings. The number of aliphatic hydroxyl groups is 1. The third kappa shape index (κ3) is 3.36. The lowest BCUT2D eigenvalue weighted by Crippen LogP contribution is -2.57. The number of pyridine rings is 1. The van der Waals surface area contributed by atoms with Crippen molar-refractivity contribution >= 4 is 0 Å². The van der Waals surface area contributed by atoms with E-state index in [1.807, 2.05) is 18.3 Å². The van der Waals surface area contributed by atoms with Crippen LogP contribution in [0.3, 0.4) is 0 Å². The molecule has 25 heavy (non-hydrogen) atoms. The molecule has 1 aromatic carbocycles. The van der Waals surface area contributed by atoms with E-state index in [1.165, 1.54) is 25.0 Å². The lowest BCUT2D eigenvalue weighted by atomic mass is 9.66. The van der Waals surface area contributed by atoms with Crippen LogP contribution >= 0.6 is 0 Å². The summed E-state index contributed by atoms with van der Waals surface area (Å²) >= 11 is 0. The first-order chi connectivity index (χ1) is 12.3. The lowest BCUT2D eigenvalue weighted by Gasteiger charge is -2.52. The van der Waals surface area contributed by atoms with Crippen LogP contribution in [0.2, 0.25) is 0 Å². The fourth-order valence-electron chi connectivity index (χ4n) is 4.94. The van der Waals surface area contributed by atoms with Crippen molar-refractivity contribution in [3.63, 3.8) is 0 Å². The Bertz CT molecular complexity index is 675. The first-order valence-electron chi connectivity index (χ1n) is 9.69. The molecule has 0 radical (unpaired) electrons. The summed E-state index contributed by atoms with van der Waals surface area (Å²) in [7, 11) is 0. The van der Waals surface area contributed by atoms with E-state index in [0.29, 0.717) is 12.0 Å². The average Bonchev–Trinajstić information content (AvgIpc) is 2.69. The van der Waals surface area contributed by atoms with E-state index in [1.54, 1.807) is 0 Å². The second kappa shape index (κ2) is 7.27. The number of likely N-dealkylation sites (tertiary alicyclic amines) is 1. The summed E-state index contributed by atoms with van der Waals surface area (Å²) < 4.78 is 0. The van der Waals surface area contributed by atoms with Gasteiger partial charge in [0.05, 0.1) is 5.60 Å². The summed E-state index contributed by atoms with van der Waals surface area (Å²) in [4.78, 5) is 7.09. The molecule has 0 spiro atoms. The van der Waals surface area contributed by atoms with Gasteiger partial charge in [-0.15, -0.1) is 0 Å². The Kier molecular flexibility index (Phi) is 4.87. The maximum atomic E-state index is 11.6. The van der Waals surface area contributed by atoms with Crippen LogP contribution in [0.5, 0.6) is 0 Å². The van der Waals surface area contributed by atoms with Gasteiger partial charge in [0.15, 0.2) is 0 Å². The molecule has 3 nitrogen and oxygen atoms in total. The minimum absolute atomic E-state index is 0.348. The van der Waals surface area contributed by atoms with Crippen LogP contribution < -0.4 is 0 Å². The molecule has 1 aromatic heterocycles. The Morgan fingerprint density at radius 2 is 1.84 bits per heavy atom. The maximum Gasteiger partial charge on any atom is 0.0951 e. The van der Waals surface area contributed by atoms with Crippen LogP contribution in [-0.4, -0.2) is 34.1 Å². The zero-order chi connectivity index (χ0) is 17.1. The molecule has 1 saturated carbocycles. The standard InChI is InChI=1S/C22H28N2O/c25-22(18-8-2-1-3-9-18)14-17-24(21-12-5-4-11-20(21)22)16-13-19-10-6-7-15-23-19/h1-3,6-10,15,20-21,25H,4-5,11-14,16-17H2/t20-,21-,22+/m1/s1. The summed E-state index contributed by atoms with van der Waals surface area (Å²) in [6.45, 7) is 2.02. The number of hydrogen-bond donors (Lipinski definition) is 1. The van der Waals surface area contributed by atoms with E-state index < -0.39 is 5.60 Å². The zero-order valence-corrected chi connectivity index (χ0v) is 14.8. The van der Waals surface area contributed by atoms with Gasteiger partial charge in [0, 0.05) is 43.4 Å². The quantitative estimate of drug-likeness (QED) is 0.923. The average molecular weight is 336 g/mol. The van der Waals surface area contributed by atoms with Gasteiger partial charge in [0.25, 0.3) is 0 Å². The van der Waals surface area contributed by atoms with Gasteiger partial charge in [-0.05, 0) is 37.0 Å². The molecule has 1 aliphatic carbocycles. The SMILES string of the molecule is O[C@]1(c2ccccc2)CCN(CCc2ccccn2)[C@@H]2CCCC[C@H]21. The first kappa shape index (κ1) is 16.7. The van der Waals surface area contributed by atoms with Crippen LogP contribution in [0.1, 0.15) is 43.4 Å². The summed E-state index contributed by atoms with van der Waals surface area (Å²) in [5.74, 6) is 0.348. The molecule has 1 saturated heterocycles. The Morgan fingerprint density at radius 3 is 2.64 bits per heavy atom. The monoisotopic (exact) mass is 336 g/mol. The topological polar surface area (TPSA) is 36.4 Å². The normalized spacial score (nSPS) is 30.0. The molecular formula is C22H28N2O. The van der Waals surface area contributed by atoms with Crippen molar-refractivity contribution < 1.29 is 5.11 Å². The highest BCUT2D eigenvalue weighted by molar-refractivity contribution is 5.25. The maximum absolute atomic E-state index is 11.6. The Hall–Kier alpha value is -1.71. The minimum Gasteiger partial charge on any atom is -0.385 e. The van der Waals surface area contributed by atoms with Crippen LogP contribution in [0.15, 0.2) is 54.7 Å². The van der Waals surface area contributed by atoms with Crippen molar-refractivity contribution in [3.8, 4) is 0 Å². The summed E-state index contributed by atoms with van der Waals surface area (Å²) in [6.07, 6.45) is 8.58. The molecule has 0 unspecified atom stereocenters. The molecule has 0 amide bonds. The molecule has 3 atom stereocenters. The van der Waals surface area contributed by atoms with Gasteiger partial charge in [-0.2, -0.15) is 0 Å². The first-order valence-corrected chi connectivity index (χ1v) is 9.69. The van der Waals surface area contributed by atoms with Gasteiger partial charge in [-0.3, -0.25) is 9.88 Å². The van der Waals surface area contributed by atoms with Crippen molar-refractivity contribution in [1.82, 2.24) is 9.88 Å². The van der Waals surface area contributed by atoms with Gasteiger partial charge < -0.3 is 5.11 Å². The van der Waals surface area contributed by atoms with Crippen LogP contribution in [-0.2, 0) is 12.0 Å². The van der Waals surface area contributed by atoms with Gasteiger partial charge in [-0.1, -0.05) is 49.2 Å². The molecule has 2 heterocycles. The number of benzene rings is 1. The molecule has 132 valence electrons. The van der Waals surface area contributed by atoms with Gasteiger partial charge in [0.1, 0.15) is 0 Å². The zero-order valence-electron chi connectivity index (χ0n) is 14.8. The number of aromatic nitrogens is 1. The summed E-state index contributed by atoms with van der Waals surface area (Å²) in [6, 6.07) is 17.0. The predicted octanol–water partition coefficient (Wildman–Crippen LogP) is 3.78. The molecular weight excluding hydrogens is 308 g/mol. The highest BCUT2D eigenvalue weighted by Crippen LogP contribution is 2.46. The fraction of sp³-hybridized carbons (Fsp3) is 0.500. The van der Waals surface area contributed by atoms with Crippen molar-refractivity contribution in [2.24, 2.45) is 5.92 Å². The van der Waals surface area contributed by atoms with E-state index in [9.17, 15) is 5.11 Å². The molecule has 2 fully saturated rings.